The minimum Gasteiger partial charge on any atom is -0.348 e. The van der Waals surface area contributed by atoms with Crippen molar-refractivity contribution in [3.63, 3.8) is 0 Å². The Kier molecular flexibility index (Phi) is 3.86. The summed E-state index contributed by atoms with van der Waals surface area (Å²) in [6.45, 7) is 1.47. The van der Waals surface area contributed by atoms with E-state index in [0.29, 0.717) is 0 Å². The molecule has 1 saturated heterocycles. The fraction of sp³-hybridized carbons (Fsp3) is 0.600. The molecule has 20 heavy (non-hydrogen) atoms. The third-order valence-electron chi connectivity index (χ3n) is 3.04. The Bertz CT molecular complexity index is 664. The highest BCUT2D eigenvalue weighted by Gasteiger charge is 2.41. The van der Waals surface area contributed by atoms with Crippen molar-refractivity contribution in [2.24, 2.45) is 5.11 Å². The highest BCUT2D eigenvalue weighted by molar-refractivity contribution is 5.02. The van der Waals surface area contributed by atoms with Gasteiger partial charge in [0.05, 0.1) is 6.04 Å². The molecular formula is C10H11F2N5O3. The molecule has 0 radical (unpaired) electrons. The van der Waals surface area contributed by atoms with E-state index in [4.69, 9.17) is 10.3 Å². The van der Waals surface area contributed by atoms with Crippen LogP contribution < -0.4 is 11.2 Å². The van der Waals surface area contributed by atoms with Crippen molar-refractivity contribution in [1.82, 2.24) is 9.55 Å². The van der Waals surface area contributed by atoms with Gasteiger partial charge in [0.15, 0.2) is 0 Å². The molecule has 10 heteroatoms. The second-order valence-corrected chi connectivity index (χ2v) is 4.38. The van der Waals surface area contributed by atoms with Gasteiger partial charge in [-0.25, -0.2) is 13.6 Å². The third-order valence-corrected chi connectivity index (χ3v) is 3.04. The van der Waals surface area contributed by atoms with E-state index < -0.39 is 36.0 Å². The van der Waals surface area contributed by atoms with Gasteiger partial charge in [0, 0.05) is 23.1 Å². The maximum absolute atomic E-state index is 12.8. The van der Waals surface area contributed by atoms with Crippen molar-refractivity contribution in [2.75, 3.05) is 0 Å². The van der Waals surface area contributed by atoms with Crippen LogP contribution in [0.3, 0.4) is 0 Å². The van der Waals surface area contributed by atoms with Crippen LogP contribution in [0, 0.1) is 6.92 Å². The lowest BCUT2D eigenvalue weighted by molar-refractivity contribution is -0.0777. The summed E-state index contributed by atoms with van der Waals surface area (Å²) in [5.41, 5.74) is 7.29. The lowest BCUT2D eigenvalue weighted by Gasteiger charge is -2.15. The van der Waals surface area contributed by atoms with Crippen molar-refractivity contribution < 1.29 is 13.5 Å². The molecule has 0 spiro atoms. The maximum Gasteiger partial charge on any atom is 0.330 e. The Balaban J connectivity index is 2.36. The summed E-state index contributed by atoms with van der Waals surface area (Å²) in [4.78, 5) is 27.5. The van der Waals surface area contributed by atoms with E-state index in [-0.39, 0.29) is 12.0 Å². The van der Waals surface area contributed by atoms with Crippen molar-refractivity contribution >= 4 is 0 Å². The predicted octanol–water partition coefficient (Wildman–Crippen LogP) is 1.08. The second kappa shape index (κ2) is 5.43. The van der Waals surface area contributed by atoms with Gasteiger partial charge in [0.2, 0.25) is 0 Å². The Morgan fingerprint density at radius 1 is 1.60 bits per heavy atom. The Labute approximate surface area is 110 Å². The molecular weight excluding hydrogens is 276 g/mol. The normalized spacial score (nSPS) is 25.7. The highest BCUT2D eigenvalue weighted by Crippen LogP contribution is 2.33. The van der Waals surface area contributed by atoms with Crippen molar-refractivity contribution in [1.29, 1.82) is 0 Å². The molecule has 0 aliphatic carbocycles. The van der Waals surface area contributed by atoms with Crippen LogP contribution in [-0.2, 0) is 4.74 Å². The van der Waals surface area contributed by atoms with E-state index in [1.54, 1.807) is 0 Å². The molecule has 1 aliphatic rings. The van der Waals surface area contributed by atoms with Crippen LogP contribution in [0.4, 0.5) is 8.78 Å². The van der Waals surface area contributed by atoms with E-state index in [0.717, 1.165) is 4.57 Å². The summed E-state index contributed by atoms with van der Waals surface area (Å²) in [5.74, 6) is 0. The van der Waals surface area contributed by atoms with Gasteiger partial charge in [-0.1, -0.05) is 5.11 Å². The number of aromatic nitrogens is 2. The fourth-order valence-electron chi connectivity index (χ4n) is 2.05. The average molecular weight is 287 g/mol. The molecule has 0 amide bonds. The monoisotopic (exact) mass is 287 g/mol. The Morgan fingerprint density at radius 2 is 2.30 bits per heavy atom. The summed E-state index contributed by atoms with van der Waals surface area (Å²) < 4.78 is 31.7. The lowest BCUT2D eigenvalue weighted by Crippen LogP contribution is -2.33. The molecule has 1 fully saturated rings. The van der Waals surface area contributed by atoms with Gasteiger partial charge in [0.25, 0.3) is 12.0 Å². The molecule has 1 aromatic heterocycles. The second-order valence-electron chi connectivity index (χ2n) is 4.38. The first kappa shape index (κ1) is 14.2. The van der Waals surface area contributed by atoms with Gasteiger partial charge in [-0.15, -0.1) is 0 Å². The zero-order chi connectivity index (χ0) is 14.9. The fourth-order valence-corrected chi connectivity index (χ4v) is 2.05. The van der Waals surface area contributed by atoms with Gasteiger partial charge in [-0.2, -0.15) is 0 Å². The number of nitrogens with one attached hydrogen (secondary N) is 1. The van der Waals surface area contributed by atoms with Crippen molar-refractivity contribution in [3.8, 4) is 0 Å². The van der Waals surface area contributed by atoms with Crippen LogP contribution in [0.5, 0.6) is 0 Å². The number of alkyl halides is 2. The van der Waals surface area contributed by atoms with Crippen LogP contribution in [0.2, 0.25) is 0 Å². The largest absolute Gasteiger partial charge is 0.348 e. The number of azide groups is 1. The van der Waals surface area contributed by atoms with Gasteiger partial charge < -0.3 is 4.74 Å². The molecule has 1 aromatic rings. The zero-order valence-corrected chi connectivity index (χ0v) is 10.4. The smallest absolute Gasteiger partial charge is 0.330 e. The van der Waals surface area contributed by atoms with Crippen LogP contribution in [-0.4, -0.2) is 28.1 Å². The third kappa shape index (κ3) is 2.56. The zero-order valence-electron chi connectivity index (χ0n) is 10.4. The van der Waals surface area contributed by atoms with E-state index in [2.05, 4.69) is 15.0 Å². The number of ether oxygens (including phenoxy) is 1. The molecule has 3 atom stereocenters. The van der Waals surface area contributed by atoms with Gasteiger partial charge in [-0.05, 0) is 12.5 Å². The Morgan fingerprint density at radius 3 is 2.90 bits per heavy atom. The molecule has 0 bridgehead atoms. The molecule has 1 N–H and O–H groups in total. The average Bonchev–Trinajstić information content (AvgIpc) is 2.78. The molecule has 8 nitrogen and oxygen atoms in total. The maximum atomic E-state index is 12.8. The number of nitrogens with zero attached hydrogens (tertiary/aromatic N) is 4. The Hall–Kier alpha value is -2.19. The lowest BCUT2D eigenvalue weighted by atomic mass is 10.1. The summed E-state index contributed by atoms with van der Waals surface area (Å²) in [7, 11) is 0. The number of aromatic amines is 1. The minimum absolute atomic E-state index is 0.0650. The van der Waals surface area contributed by atoms with E-state index in [9.17, 15) is 18.4 Å². The quantitative estimate of drug-likeness (QED) is 0.509. The van der Waals surface area contributed by atoms with E-state index >= 15 is 0 Å². The van der Waals surface area contributed by atoms with E-state index in [1.165, 1.54) is 13.1 Å². The first-order chi connectivity index (χ1) is 9.43. The van der Waals surface area contributed by atoms with E-state index in [1.807, 2.05) is 0 Å². The summed E-state index contributed by atoms with van der Waals surface area (Å²) in [5, 5.41) is 3.26. The number of hydrogen-bond donors (Lipinski definition) is 1. The first-order valence-corrected chi connectivity index (χ1v) is 5.74. The standard InChI is InChI=1S/C10H11F2N5O3/c1-4-3-17(10(19)14-9(4)18)6-2-5(15-16-13)7(20-6)8(11)12/h3,5-8H,2H2,1H3,(H,14,18,19)/t5-,6+,7-/m0/s1. The van der Waals surface area contributed by atoms with Crippen LogP contribution in [0.1, 0.15) is 18.2 Å². The summed E-state index contributed by atoms with van der Waals surface area (Å²) >= 11 is 0. The number of hydrogen-bond acceptors (Lipinski definition) is 4. The highest BCUT2D eigenvalue weighted by atomic mass is 19.3. The molecule has 2 heterocycles. The topological polar surface area (TPSA) is 113 Å². The van der Waals surface area contributed by atoms with Crippen molar-refractivity contribution in [2.45, 2.75) is 38.1 Å². The summed E-state index contributed by atoms with van der Waals surface area (Å²) in [6, 6.07) is -1.07. The molecule has 0 saturated carbocycles. The number of H-pyrrole nitrogens is 1. The molecule has 108 valence electrons. The SMILES string of the molecule is Cc1cn([C@H]2C[C@H](N=[N+]=[N-])[C@@H](C(F)F)O2)c(=O)[nH]c1=O. The van der Waals surface area contributed by atoms with Crippen LogP contribution in [0.15, 0.2) is 20.9 Å². The van der Waals surface area contributed by atoms with Gasteiger partial charge in [0.1, 0.15) is 12.3 Å². The number of halogens is 2. The number of aryl methyl sites for hydroxylation is 1. The van der Waals surface area contributed by atoms with Crippen LogP contribution >= 0.6 is 0 Å². The number of rotatable bonds is 3. The van der Waals surface area contributed by atoms with Gasteiger partial charge in [-0.3, -0.25) is 14.3 Å². The predicted molar refractivity (Wildman–Crippen MR) is 63.5 cm³/mol. The van der Waals surface area contributed by atoms with Crippen LogP contribution in [0.25, 0.3) is 10.4 Å². The molecule has 0 unspecified atom stereocenters. The first-order valence-electron chi connectivity index (χ1n) is 5.74. The molecule has 2 rings (SSSR count). The molecule has 1 aliphatic heterocycles. The van der Waals surface area contributed by atoms with Gasteiger partial charge >= 0.3 is 5.69 Å². The minimum atomic E-state index is -2.84. The van der Waals surface area contributed by atoms with Crippen molar-refractivity contribution in [3.05, 3.63) is 43.0 Å². The molecule has 0 aromatic carbocycles. The summed E-state index contributed by atoms with van der Waals surface area (Å²) in [6.07, 6.45) is -4.25.